The van der Waals surface area contributed by atoms with E-state index in [0.29, 0.717) is 24.6 Å². The van der Waals surface area contributed by atoms with E-state index in [1.54, 1.807) is 0 Å². The van der Waals surface area contributed by atoms with Crippen LogP contribution in [0.4, 0.5) is 5.69 Å². The van der Waals surface area contributed by atoms with E-state index in [-0.39, 0.29) is 23.7 Å². The molecule has 0 spiro atoms. The van der Waals surface area contributed by atoms with Gasteiger partial charge in [0, 0.05) is 6.04 Å². The standard InChI is InChI=1S/C21H23N3O2/c25-20-16-8-4-5-9-17(16)21(26)24(20)15-10-11-19-18(12-15)22-13-23(19)14-6-2-1-3-7-14/h4-5,10-14,16-17H,1-3,6-9H2/t16-,17+. The fourth-order valence-electron chi connectivity index (χ4n) is 4.86. The van der Waals surface area contributed by atoms with Gasteiger partial charge < -0.3 is 4.57 Å². The second kappa shape index (κ2) is 6.08. The van der Waals surface area contributed by atoms with Gasteiger partial charge >= 0.3 is 0 Å². The molecule has 2 amide bonds. The third-order valence-electron chi connectivity index (χ3n) is 6.29. The summed E-state index contributed by atoms with van der Waals surface area (Å²) in [6.45, 7) is 0. The zero-order valence-corrected chi connectivity index (χ0v) is 14.8. The van der Waals surface area contributed by atoms with E-state index in [1.165, 1.54) is 37.0 Å². The molecule has 0 bridgehead atoms. The van der Waals surface area contributed by atoms with Crippen molar-refractivity contribution in [1.82, 2.24) is 9.55 Å². The van der Waals surface area contributed by atoms with Gasteiger partial charge in [-0.2, -0.15) is 0 Å². The summed E-state index contributed by atoms with van der Waals surface area (Å²) in [5, 5.41) is 0. The number of imidazole rings is 1. The number of aromatic nitrogens is 2. The van der Waals surface area contributed by atoms with Crippen LogP contribution in [0.15, 0.2) is 36.7 Å². The topological polar surface area (TPSA) is 55.2 Å². The second-order valence-electron chi connectivity index (χ2n) is 7.78. The van der Waals surface area contributed by atoms with Gasteiger partial charge in [0.15, 0.2) is 0 Å². The molecule has 2 aromatic rings. The SMILES string of the molecule is O=C1[C@H]2CC=CC[C@H]2C(=O)N1c1ccc2c(c1)ncn2C1CCCCC1. The van der Waals surface area contributed by atoms with Crippen molar-refractivity contribution in [3.05, 3.63) is 36.7 Å². The maximum atomic E-state index is 12.8. The maximum absolute atomic E-state index is 12.8. The number of carbonyl (C=O) groups excluding carboxylic acids is 2. The minimum absolute atomic E-state index is 0.0598. The van der Waals surface area contributed by atoms with Crippen LogP contribution in [0, 0.1) is 11.8 Å². The number of hydrogen-bond acceptors (Lipinski definition) is 3. The van der Waals surface area contributed by atoms with Crippen LogP contribution in [-0.4, -0.2) is 21.4 Å². The molecule has 0 radical (unpaired) electrons. The number of carbonyl (C=O) groups is 2. The molecular weight excluding hydrogens is 326 g/mol. The predicted octanol–water partition coefficient (Wildman–Crippen LogP) is 4.00. The van der Waals surface area contributed by atoms with Gasteiger partial charge in [-0.3, -0.25) is 9.59 Å². The van der Waals surface area contributed by atoms with Crippen molar-refractivity contribution in [3.8, 4) is 0 Å². The van der Waals surface area contributed by atoms with Crippen LogP contribution in [0.1, 0.15) is 51.0 Å². The zero-order valence-electron chi connectivity index (χ0n) is 14.8. The van der Waals surface area contributed by atoms with E-state index >= 15 is 0 Å². The van der Waals surface area contributed by atoms with Crippen molar-refractivity contribution in [2.45, 2.75) is 51.0 Å². The smallest absolute Gasteiger partial charge is 0.238 e. The Kier molecular flexibility index (Phi) is 3.69. The van der Waals surface area contributed by atoms with Crippen molar-refractivity contribution in [3.63, 3.8) is 0 Å². The molecule has 134 valence electrons. The molecular formula is C21H23N3O2. The summed E-state index contributed by atoms with van der Waals surface area (Å²) in [4.78, 5) is 31.5. The van der Waals surface area contributed by atoms with Gasteiger partial charge in [-0.1, -0.05) is 31.4 Å². The van der Waals surface area contributed by atoms with Crippen LogP contribution in [0.25, 0.3) is 11.0 Å². The Morgan fingerprint density at radius 1 is 0.923 bits per heavy atom. The first-order valence-corrected chi connectivity index (χ1v) is 9.73. The summed E-state index contributed by atoms with van der Waals surface area (Å²) in [5.41, 5.74) is 2.62. The second-order valence-corrected chi connectivity index (χ2v) is 7.78. The average Bonchev–Trinajstić information content (AvgIpc) is 3.22. The minimum atomic E-state index is -0.192. The quantitative estimate of drug-likeness (QED) is 0.608. The van der Waals surface area contributed by atoms with Gasteiger partial charge in [-0.15, -0.1) is 0 Å². The molecule has 5 heteroatoms. The van der Waals surface area contributed by atoms with E-state index in [0.717, 1.165) is 11.0 Å². The van der Waals surface area contributed by atoms with Crippen LogP contribution in [0.5, 0.6) is 0 Å². The number of rotatable bonds is 2. The highest BCUT2D eigenvalue weighted by molar-refractivity contribution is 6.22. The first kappa shape index (κ1) is 15.8. The van der Waals surface area contributed by atoms with Crippen LogP contribution in [-0.2, 0) is 9.59 Å². The van der Waals surface area contributed by atoms with Gasteiger partial charge in [-0.25, -0.2) is 9.88 Å². The Labute approximate surface area is 152 Å². The molecule has 0 unspecified atom stereocenters. The number of imide groups is 1. The molecule has 2 atom stereocenters. The molecule has 1 aliphatic heterocycles. The first-order valence-electron chi connectivity index (χ1n) is 9.73. The molecule has 2 fully saturated rings. The van der Waals surface area contributed by atoms with Crippen molar-refractivity contribution in [1.29, 1.82) is 0 Å². The van der Waals surface area contributed by atoms with Crippen molar-refractivity contribution in [2.75, 3.05) is 4.90 Å². The number of allylic oxidation sites excluding steroid dienone is 2. The van der Waals surface area contributed by atoms with Crippen LogP contribution < -0.4 is 4.90 Å². The summed E-state index contributed by atoms with van der Waals surface area (Å²) in [7, 11) is 0. The Morgan fingerprint density at radius 2 is 1.62 bits per heavy atom. The van der Waals surface area contributed by atoms with Gasteiger partial charge in [0.2, 0.25) is 11.8 Å². The van der Waals surface area contributed by atoms with E-state index in [4.69, 9.17) is 0 Å². The first-order chi connectivity index (χ1) is 12.7. The van der Waals surface area contributed by atoms with Gasteiger partial charge in [-0.05, 0) is 43.9 Å². The lowest BCUT2D eigenvalue weighted by atomic mass is 9.85. The average molecular weight is 349 g/mol. The largest absolute Gasteiger partial charge is 0.327 e. The van der Waals surface area contributed by atoms with E-state index < -0.39 is 0 Å². The minimum Gasteiger partial charge on any atom is -0.327 e. The lowest BCUT2D eigenvalue weighted by Crippen LogP contribution is -2.30. The maximum Gasteiger partial charge on any atom is 0.238 e. The van der Waals surface area contributed by atoms with Gasteiger partial charge in [0.1, 0.15) is 0 Å². The van der Waals surface area contributed by atoms with Crippen LogP contribution in [0.2, 0.25) is 0 Å². The number of amides is 2. The summed E-state index contributed by atoms with van der Waals surface area (Å²) in [6, 6.07) is 6.34. The lowest BCUT2D eigenvalue weighted by molar-refractivity contribution is -0.122. The molecule has 1 aromatic heterocycles. The van der Waals surface area contributed by atoms with Crippen LogP contribution in [0.3, 0.4) is 0 Å². The molecule has 1 saturated carbocycles. The molecule has 5 nitrogen and oxygen atoms in total. The Hall–Kier alpha value is -2.43. The Balaban J connectivity index is 1.49. The molecule has 1 saturated heterocycles. The highest BCUT2D eigenvalue weighted by Crippen LogP contribution is 2.38. The molecule has 26 heavy (non-hydrogen) atoms. The van der Waals surface area contributed by atoms with Crippen molar-refractivity contribution in [2.24, 2.45) is 11.8 Å². The highest BCUT2D eigenvalue weighted by atomic mass is 16.2. The van der Waals surface area contributed by atoms with Gasteiger partial charge in [0.05, 0.1) is 34.9 Å². The third kappa shape index (κ3) is 2.33. The Bertz CT molecular complexity index is 881. The van der Waals surface area contributed by atoms with E-state index in [1.807, 2.05) is 36.7 Å². The summed E-state index contributed by atoms with van der Waals surface area (Å²) in [5.74, 6) is -0.503. The van der Waals surface area contributed by atoms with Crippen molar-refractivity contribution >= 4 is 28.5 Å². The zero-order chi connectivity index (χ0) is 17.7. The molecule has 2 heterocycles. The fraction of sp³-hybridized carbons (Fsp3) is 0.476. The number of nitrogens with zero attached hydrogens (tertiary/aromatic N) is 3. The van der Waals surface area contributed by atoms with Gasteiger partial charge in [0.25, 0.3) is 0 Å². The van der Waals surface area contributed by atoms with Crippen molar-refractivity contribution < 1.29 is 9.59 Å². The highest BCUT2D eigenvalue weighted by Gasteiger charge is 2.47. The number of anilines is 1. The fourth-order valence-corrected chi connectivity index (χ4v) is 4.86. The van der Waals surface area contributed by atoms with E-state index in [9.17, 15) is 9.59 Å². The number of hydrogen-bond donors (Lipinski definition) is 0. The van der Waals surface area contributed by atoms with Crippen LogP contribution >= 0.6 is 0 Å². The molecule has 2 aliphatic carbocycles. The lowest BCUT2D eigenvalue weighted by Gasteiger charge is -2.23. The van der Waals surface area contributed by atoms with E-state index in [2.05, 4.69) is 9.55 Å². The predicted molar refractivity (Wildman–Crippen MR) is 99.7 cm³/mol. The summed E-state index contributed by atoms with van der Waals surface area (Å²) >= 11 is 0. The summed E-state index contributed by atoms with van der Waals surface area (Å²) < 4.78 is 2.27. The molecule has 0 N–H and O–H groups in total. The normalized spacial score (nSPS) is 26.7. The Morgan fingerprint density at radius 3 is 2.31 bits per heavy atom. The number of fused-ring (bicyclic) bond motifs is 2. The summed E-state index contributed by atoms with van der Waals surface area (Å²) in [6.07, 6.45) is 13.6. The number of benzene rings is 1. The molecule has 3 aliphatic rings. The monoisotopic (exact) mass is 349 g/mol. The molecule has 1 aromatic carbocycles. The molecule has 5 rings (SSSR count). The third-order valence-corrected chi connectivity index (χ3v) is 6.29.